The number of aliphatic hydroxyl groups is 2. The van der Waals surface area contributed by atoms with Crippen LogP contribution in [0.15, 0.2) is 27.2 Å². The van der Waals surface area contributed by atoms with Crippen LogP contribution in [0.1, 0.15) is 40.2 Å². The Balaban J connectivity index is 3.56. The van der Waals surface area contributed by atoms with Crippen molar-refractivity contribution in [3.8, 4) is 5.75 Å². The fourth-order valence-electron chi connectivity index (χ4n) is 2.27. The van der Waals surface area contributed by atoms with Crippen molar-refractivity contribution in [2.24, 2.45) is 10.4 Å². The lowest BCUT2D eigenvalue weighted by Crippen LogP contribution is -2.28. The van der Waals surface area contributed by atoms with Crippen LogP contribution in [0.3, 0.4) is 0 Å². The van der Waals surface area contributed by atoms with Crippen molar-refractivity contribution in [1.29, 1.82) is 0 Å². The van der Waals surface area contributed by atoms with Crippen LogP contribution in [0.2, 0.25) is 5.02 Å². The van der Waals surface area contributed by atoms with Crippen molar-refractivity contribution in [1.82, 2.24) is 0 Å². The van der Waals surface area contributed by atoms with Crippen molar-refractivity contribution in [2.75, 3.05) is 19.8 Å². The molecule has 6 nitrogen and oxygen atoms in total. The lowest BCUT2D eigenvalue weighted by molar-refractivity contribution is -0.137. The molecule has 0 bridgehead atoms. The fraction of sp³-hybridized carbons (Fsp3) is 0.500. The van der Waals surface area contributed by atoms with Gasteiger partial charge in [0, 0.05) is 16.3 Å². The van der Waals surface area contributed by atoms with E-state index in [1.54, 1.807) is 19.1 Å². The van der Waals surface area contributed by atoms with Gasteiger partial charge in [0.05, 0.1) is 30.9 Å². The Morgan fingerprint density at radius 2 is 1.96 bits per heavy atom. The Labute approximate surface area is 179 Å². The lowest BCUT2D eigenvalue weighted by atomic mass is 9.88. The Hall–Kier alpha value is -1.57. The monoisotopic (exact) mass is 475 g/mol. The molecule has 0 saturated heterocycles. The molecule has 8 heteroatoms. The molecule has 156 valence electrons. The van der Waals surface area contributed by atoms with E-state index >= 15 is 0 Å². The van der Waals surface area contributed by atoms with Crippen LogP contribution in [0, 0.1) is 5.41 Å². The maximum atomic E-state index is 12.4. The molecule has 0 spiro atoms. The number of halogens is 2. The van der Waals surface area contributed by atoms with Crippen LogP contribution in [-0.4, -0.2) is 48.3 Å². The van der Waals surface area contributed by atoms with Gasteiger partial charge in [-0.15, -0.1) is 0 Å². The van der Waals surface area contributed by atoms with E-state index in [2.05, 4.69) is 20.9 Å². The summed E-state index contributed by atoms with van der Waals surface area (Å²) in [4.78, 5) is 16.7. The normalized spacial score (nSPS) is 14.0. The average molecular weight is 477 g/mol. The molecule has 2 N–H and O–H groups in total. The van der Waals surface area contributed by atoms with Gasteiger partial charge in [-0.05, 0) is 31.4 Å². The van der Waals surface area contributed by atoms with E-state index in [1.807, 2.05) is 27.7 Å². The minimum Gasteiger partial charge on any atom is -0.506 e. The standard InChI is InChI=1S/C20H27BrClNO5/c1-6-27-15-9-12(21)8-13(17(15)22)18(25)14(19(26)28-7-2)10-23-16(11-24)20(3,4)5/h8-10,16,24-25H,6-7,11H2,1-5H3/b18-14-,23-10?/t16-/m1/s1. The van der Waals surface area contributed by atoms with Crippen LogP contribution >= 0.6 is 27.5 Å². The molecule has 0 radical (unpaired) electrons. The first kappa shape index (κ1) is 24.5. The van der Waals surface area contributed by atoms with E-state index in [0.717, 1.165) is 0 Å². The largest absolute Gasteiger partial charge is 0.506 e. The summed E-state index contributed by atoms with van der Waals surface area (Å²) < 4.78 is 11.1. The topological polar surface area (TPSA) is 88.4 Å². The van der Waals surface area contributed by atoms with Gasteiger partial charge in [-0.1, -0.05) is 48.3 Å². The summed E-state index contributed by atoms with van der Waals surface area (Å²) in [6.45, 7) is 9.52. The number of hydrogen-bond donors (Lipinski definition) is 2. The summed E-state index contributed by atoms with van der Waals surface area (Å²) in [5.74, 6) is -0.772. The van der Waals surface area contributed by atoms with Gasteiger partial charge in [-0.3, -0.25) is 4.99 Å². The third-order valence-electron chi connectivity index (χ3n) is 3.87. The Bertz CT molecular complexity index is 756. The number of rotatable bonds is 8. The van der Waals surface area contributed by atoms with Gasteiger partial charge < -0.3 is 19.7 Å². The smallest absolute Gasteiger partial charge is 0.343 e. The van der Waals surface area contributed by atoms with E-state index in [-0.39, 0.29) is 40.5 Å². The molecule has 0 unspecified atom stereocenters. The van der Waals surface area contributed by atoms with Crippen molar-refractivity contribution in [3.05, 3.63) is 32.8 Å². The Morgan fingerprint density at radius 1 is 1.32 bits per heavy atom. The third kappa shape index (κ3) is 6.50. The molecule has 0 aliphatic rings. The molecule has 0 aromatic heterocycles. The zero-order valence-electron chi connectivity index (χ0n) is 16.8. The highest BCUT2D eigenvalue weighted by atomic mass is 79.9. The molecular formula is C20H27BrClNO5. The predicted molar refractivity (Wildman–Crippen MR) is 115 cm³/mol. The van der Waals surface area contributed by atoms with Crippen LogP contribution in [-0.2, 0) is 9.53 Å². The quantitative estimate of drug-likeness (QED) is 0.243. The van der Waals surface area contributed by atoms with Gasteiger partial charge in [0.1, 0.15) is 17.1 Å². The number of aliphatic imine (C=N–C) groups is 1. The van der Waals surface area contributed by atoms with E-state index in [0.29, 0.717) is 16.8 Å². The van der Waals surface area contributed by atoms with E-state index in [4.69, 9.17) is 21.1 Å². The molecule has 1 aromatic rings. The first-order chi connectivity index (χ1) is 13.1. The van der Waals surface area contributed by atoms with Gasteiger partial charge in [0.25, 0.3) is 0 Å². The fourth-order valence-corrected chi connectivity index (χ4v) is 2.96. The maximum Gasteiger partial charge on any atom is 0.343 e. The summed E-state index contributed by atoms with van der Waals surface area (Å²) >= 11 is 9.71. The average Bonchev–Trinajstić information content (AvgIpc) is 2.60. The van der Waals surface area contributed by atoms with Crippen LogP contribution in [0.5, 0.6) is 5.75 Å². The van der Waals surface area contributed by atoms with Crippen LogP contribution in [0.4, 0.5) is 0 Å². The summed E-state index contributed by atoms with van der Waals surface area (Å²) in [6.07, 6.45) is 1.22. The first-order valence-corrected chi connectivity index (χ1v) is 10.1. The SMILES string of the molecule is CCOC(=O)/C(C=N[C@H](CO)C(C)(C)C)=C(\O)c1cc(Br)cc(OCC)c1Cl. The van der Waals surface area contributed by atoms with Gasteiger partial charge in [-0.25, -0.2) is 4.79 Å². The van der Waals surface area contributed by atoms with Crippen LogP contribution < -0.4 is 4.74 Å². The van der Waals surface area contributed by atoms with E-state index in [9.17, 15) is 15.0 Å². The summed E-state index contributed by atoms with van der Waals surface area (Å²) in [7, 11) is 0. The Kier molecular flexibility index (Phi) is 9.47. The second-order valence-corrected chi connectivity index (χ2v) is 8.32. The van der Waals surface area contributed by atoms with Gasteiger partial charge in [0.15, 0.2) is 0 Å². The van der Waals surface area contributed by atoms with Crippen molar-refractivity contribution < 1.29 is 24.5 Å². The zero-order valence-corrected chi connectivity index (χ0v) is 19.1. The van der Waals surface area contributed by atoms with Gasteiger partial charge in [-0.2, -0.15) is 0 Å². The molecule has 1 aromatic carbocycles. The molecule has 0 saturated carbocycles. The zero-order chi connectivity index (χ0) is 21.5. The number of nitrogens with zero attached hydrogens (tertiary/aromatic N) is 1. The number of carbonyl (C=O) groups excluding carboxylic acids is 1. The van der Waals surface area contributed by atoms with Gasteiger partial charge in [0.2, 0.25) is 0 Å². The highest BCUT2D eigenvalue weighted by Gasteiger charge is 2.25. The number of hydrogen-bond acceptors (Lipinski definition) is 6. The maximum absolute atomic E-state index is 12.4. The minimum atomic E-state index is -0.747. The number of benzene rings is 1. The molecule has 0 amide bonds. The number of ether oxygens (including phenoxy) is 2. The highest BCUT2D eigenvalue weighted by Crippen LogP contribution is 2.36. The molecule has 0 aliphatic heterocycles. The van der Waals surface area contributed by atoms with E-state index in [1.165, 1.54) is 6.21 Å². The minimum absolute atomic E-state index is 0.128. The predicted octanol–water partition coefficient (Wildman–Crippen LogP) is 4.81. The summed E-state index contributed by atoms with van der Waals surface area (Å²) in [5.41, 5.74) is -0.298. The Morgan fingerprint density at radius 3 is 2.46 bits per heavy atom. The molecule has 0 aliphatic carbocycles. The number of carbonyl (C=O) groups is 1. The molecule has 1 rings (SSSR count). The van der Waals surface area contributed by atoms with Crippen LogP contribution in [0.25, 0.3) is 5.76 Å². The van der Waals surface area contributed by atoms with Crippen molar-refractivity contribution in [2.45, 2.75) is 40.7 Å². The van der Waals surface area contributed by atoms with E-state index < -0.39 is 12.0 Å². The lowest BCUT2D eigenvalue weighted by Gasteiger charge is -2.25. The molecule has 1 atom stereocenters. The van der Waals surface area contributed by atoms with Crippen molar-refractivity contribution in [3.63, 3.8) is 0 Å². The molecule has 0 fully saturated rings. The number of esters is 1. The summed E-state index contributed by atoms with van der Waals surface area (Å²) in [5, 5.41) is 20.6. The molecule has 0 heterocycles. The van der Waals surface area contributed by atoms with Crippen molar-refractivity contribution >= 4 is 45.5 Å². The van der Waals surface area contributed by atoms with Gasteiger partial charge >= 0.3 is 5.97 Å². The number of aliphatic hydroxyl groups excluding tert-OH is 2. The summed E-state index contributed by atoms with van der Waals surface area (Å²) in [6, 6.07) is 2.77. The molecular weight excluding hydrogens is 450 g/mol. The first-order valence-electron chi connectivity index (χ1n) is 8.93. The third-order valence-corrected chi connectivity index (χ3v) is 4.71. The second kappa shape index (κ2) is 10.8. The highest BCUT2D eigenvalue weighted by molar-refractivity contribution is 9.10. The second-order valence-electron chi connectivity index (χ2n) is 7.02. The molecule has 28 heavy (non-hydrogen) atoms.